The third-order valence-electron chi connectivity index (χ3n) is 2.14. The van der Waals surface area contributed by atoms with Gasteiger partial charge in [-0.3, -0.25) is 4.79 Å². The number of nitrogens with zero attached hydrogens (tertiary/aromatic N) is 1. The minimum atomic E-state index is -0.00967. The van der Waals surface area contributed by atoms with Crippen molar-refractivity contribution in [1.82, 2.24) is 5.32 Å². The van der Waals surface area contributed by atoms with Crippen LogP contribution >= 0.6 is 15.9 Å². The molecule has 2 N–H and O–H groups in total. The van der Waals surface area contributed by atoms with E-state index in [4.69, 9.17) is 5.26 Å². The Morgan fingerprint density at radius 3 is 2.82 bits per heavy atom. The molecule has 5 heteroatoms. The van der Waals surface area contributed by atoms with Crippen molar-refractivity contribution in [3.63, 3.8) is 0 Å². The maximum atomic E-state index is 10.6. The van der Waals surface area contributed by atoms with Crippen molar-refractivity contribution < 1.29 is 4.79 Å². The number of anilines is 1. The number of nitriles is 1. The lowest BCUT2D eigenvalue weighted by molar-refractivity contribution is -0.118. The number of hydrogen-bond donors (Lipinski definition) is 2. The average molecular weight is 296 g/mol. The first kappa shape index (κ1) is 13.5. The van der Waals surface area contributed by atoms with Gasteiger partial charge in [0.05, 0.1) is 11.6 Å². The predicted molar refractivity (Wildman–Crippen MR) is 70.6 cm³/mol. The Bertz CT molecular complexity index is 440. The molecule has 0 fully saturated rings. The number of benzene rings is 1. The van der Waals surface area contributed by atoms with Gasteiger partial charge in [-0.15, -0.1) is 0 Å². The fourth-order valence-corrected chi connectivity index (χ4v) is 1.82. The van der Waals surface area contributed by atoms with Gasteiger partial charge in [-0.1, -0.05) is 0 Å². The van der Waals surface area contributed by atoms with E-state index < -0.39 is 0 Å². The molecule has 0 saturated carbocycles. The van der Waals surface area contributed by atoms with Crippen LogP contribution in [0.2, 0.25) is 0 Å². The van der Waals surface area contributed by atoms with Crippen molar-refractivity contribution in [3.05, 3.63) is 28.2 Å². The molecule has 4 nitrogen and oxygen atoms in total. The minimum absolute atomic E-state index is 0.00967. The van der Waals surface area contributed by atoms with E-state index in [1.807, 2.05) is 6.07 Å². The molecule has 1 aromatic carbocycles. The van der Waals surface area contributed by atoms with E-state index in [9.17, 15) is 4.79 Å². The topological polar surface area (TPSA) is 64.9 Å². The van der Waals surface area contributed by atoms with E-state index in [0.717, 1.165) is 23.1 Å². The van der Waals surface area contributed by atoms with Crippen LogP contribution in [-0.2, 0) is 4.79 Å². The van der Waals surface area contributed by atoms with Crippen molar-refractivity contribution in [2.45, 2.75) is 13.3 Å². The number of hydrogen-bond acceptors (Lipinski definition) is 3. The van der Waals surface area contributed by atoms with E-state index in [0.29, 0.717) is 12.1 Å². The smallest absolute Gasteiger partial charge is 0.216 e. The van der Waals surface area contributed by atoms with Crippen LogP contribution in [0, 0.1) is 11.3 Å². The molecule has 0 aromatic heterocycles. The summed E-state index contributed by atoms with van der Waals surface area (Å²) < 4.78 is 0.871. The number of nitrogens with one attached hydrogen (secondary N) is 2. The van der Waals surface area contributed by atoms with Crippen LogP contribution in [0.5, 0.6) is 0 Å². The highest BCUT2D eigenvalue weighted by atomic mass is 79.9. The summed E-state index contributed by atoms with van der Waals surface area (Å²) in [5, 5.41) is 14.7. The molecular weight excluding hydrogens is 282 g/mol. The Morgan fingerprint density at radius 2 is 2.24 bits per heavy atom. The quantitative estimate of drug-likeness (QED) is 0.819. The van der Waals surface area contributed by atoms with Gasteiger partial charge in [-0.25, -0.2) is 0 Å². The lowest BCUT2D eigenvalue weighted by Gasteiger charge is -2.08. The molecule has 0 aliphatic carbocycles. The van der Waals surface area contributed by atoms with Gasteiger partial charge in [0.2, 0.25) is 5.91 Å². The Morgan fingerprint density at radius 1 is 1.47 bits per heavy atom. The highest BCUT2D eigenvalue weighted by Gasteiger charge is 2.00. The van der Waals surface area contributed by atoms with Gasteiger partial charge in [0.25, 0.3) is 0 Å². The summed E-state index contributed by atoms with van der Waals surface area (Å²) in [5.41, 5.74) is 1.58. The van der Waals surface area contributed by atoms with Gasteiger partial charge in [0.1, 0.15) is 0 Å². The molecule has 1 rings (SSSR count). The minimum Gasteiger partial charge on any atom is -0.384 e. The molecule has 0 unspecified atom stereocenters. The van der Waals surface area contributed by atoms with Gasteiger partial charge in [-0.2, -0.15) is 5.26 Å². The molecule has 0 radical (unpaired) electrons. The van der Waals surface area contributed by atoms with Crippen LogP contribution < -0.4 is 10.6 Å². The maximum Gasteiger partial charge on any atom is 0.216 e. The molecule has 17 heavy (non-hydrogen) atoms. The monoisotopic (exact) mass is 295 g/mol. The highest BCUT2D eigenvalue weighted by Crippen LogP contribution is 2.23. The number of amides is 1. The summed E-state index contributed by atoms with van der Waals surface area (Å²) in [6.07, 6.45) is 0.853. The third kappa shape index (κ3) is 4.87. The standard InChI is InChI=1S/C12H14BrN3O/c1-9(17)15-5-2-6-16-12-4-3-10(8-14)7-11(12)13/h3-4,7,16H,2,5-6H2,1H3,(H,15,17). The first-order valence-corrected chi connectivity index (χ1v) is 6.10. The second-order valence-electron chi connectivity index (χ2n) is 3.57. The van der Waals surface area contributed by atoms with E-state index in [-0.39, 0.29) is 5.91 Å². The second-order valence-corrected chi connectivity index (χ2v) is 4.42. The number of halogens is 1. The van der Waals surface area contributed by atoms with Crippen molar-refractivity contribution in [2.24, 2.45) is 0 Å². The number of carbonyl (C=O) groups excluding carboxylic acids is 1. The number of carbonyl (C=O) groups is 1. The molecule has 1 amide bonds. The molecular formula is C12H14BrN3O. The normalized spacial score (nSPS) is 9.47. The average Bonchev–Trinajstić information content (AvgIpc) is 2.30. The SMILES string of the molecule is CC(=O)NCCCNc1ccc(C#N)cc1Br. The summed E-state index contributed by atoms with van der Waals surface area (Å²) in [6.45, 7) is 2.94. The van der Waals surface area contributed by atoms with Crippen LogP contribution in [0.4, 0.5) is 5.69 Å². The Balaban J connectivity index is 2.37. The van der Waals surface area contributed by atoms with Gasteiger partial charge in [0, 0.05) is 30.2 Å². The molecule has 0 aliphatic rings. The molecule has 0 aliphatic heterocycles. The molecule has 1 aromatic rings. The lowest BCUT2D eigenvalue weighted by atomic mass is 10.2. The molecule has 0 saturated heterocycles. The summed E-state index contributed by atoms with van der Waals surface area (Å²) in [6, 6.07) is 7.48. The van der Waals surface area contributed by atoms with Crippen LogP contribution in [-0.4, -0.2) is 19.0 Å². The largest absolute Gasteiger partial charge is 0.384 e. The molecule has 0 bridgehead atoms. The first-order valence-electron chi connectivity index (χ1n) is 5.31. The van der Waals surface area contributed by atoms with E-state index in [2.05, 4.69) is 32.6 Å². The van der Waals surface area contributed by atoms with Crippen LogP contribution in [0.15, 0.2) is 22.7 Å². The van der Waals surface area contributed by atoms with Gasteiger partial charge >= 0.3 is 0 Å². The zero-order valence-electron chi connectivity index (χ0n) is 9.59. The van der Waals surface area contributed by atoms with Crippen molar-refractivity contribution >= 4 is 27.5 Å². The zero-order chi connectivity index (χ0) is 12.7. The van der Waals surface area contributed by atoms with E-state index in [1.165, 1.54) is 6.92 Å². The molecule has 90 valence electrons. The second kappa shape index (κ2) is 6.92. The highest BCUT2D eigenvalue weighted by molar-refractivity contribution is 9.10. The van der Waals surface area contributed by atoms with Crippen molar-refractivity contribution in [1.29, 1.82) is 5.26 Å². The zero-order valence-corrected chi connectivity index (χ0v) is 11.2. The summed E-state index contributed by atoms with van der Waals surface area (Å²) in [4.78, 5) is 10.6. The van der Waals surface area contributed by atoms with Crippen molar-refractivity contribution in [3.8, 4) is 6.07 Å². The summed E-state index contributed by atoms with van der Waals surface area (Å²) in [5.74, 6) is -0.00967. The summed E-state index contributed by atoms with van der Waals surface area (Å²) in [7, 11) is 0. The predicted octanol–water partition coefficient (Wildman–Crippen LogP) is 2.26. The third-order valence-corrected chi connectivity index (χ3v) is 2.80. The maximum absolute atomic E-state index is 10.6. The van der Waals surface area contributed by atoms with E-state index in [1.54, 1.807) is 12.1 Å². The van der Waals surface area contributed by atoms with Crippen LogP contribution in [0.25, 0.3) is 0 Å². The van der Waals surface area contributed by atoms with Gasteiger partial charge in [-0.05, 0) is 40.5 Å². The van der Waals surface area contributed by atoms with Crippen LogP contribution in [0.3, 0.4) is 0 Å². The molecule has 0 atom stereocenters. The lowest BCUT2D eigenvalue weighted by Crippen LogP contribution is -2.22. The first-order chi connectivity index (χ1) is 8.13. The summed E-state index contributed by atoms with van der Waals surface area (Å²) >= 11 is 3.40. The molecule has 0 spiro atoms. The Labute approximate surface area is 109 Å². The Kier molecular flexibility index (Phi) is 5.50. The van der Waals surface area contributed by atoms with Crippen LogP contribution in [0.1, 0.15) is 18.9 Å². The molecule has 0 heterocycles. The number of rotatable bonds is 5. The van der Waals surface area contributed by atoms with E-state index >= 15 is 0 Å². The van der Waals surface area contributed by atoms with Gasteiger partial charge in [0.15, 0.2) is 0 Å². The van der Waals surface area contributed by atoms with Gasteiger partial charge < -0.3 is 10.6 Å². The fourth-order valence-electron chi connectivity index (χ4n) is 1.30. The fraction of sp³-hybridized carbons (Fsp3) is 0.333. The Hall–Kier alpha value is -1.54. The van der Waals surface area contributed by atoms with Crippen molar-refractivity contribution in [2.75, 3.05) is 18.4 Å².